The van der Waals surface area contributed by atoms with E-state index in [2.05, 4.69) is 49.9 Å². The van der Waals surface area contributed by atoms with Crippen molar-refractivity contribution < 1.29 is 36.3 Å². The Hall–Kier alpha value is -2.77. The van der Waals surface area contributed by atoms with Crippen molar-refractivity contribution in [2.45, 2.75) is 63.0 Å². The lowest BCUT2D eigenvalue weighted by molar-refractivity contribution is -0.135. The molecule has 0 N–H and O–H groups in total. The highest BCUT2D eigenvalue weighted by atomic mass is 32.2. The van der Waals surface area contributed by atoms with Crippen molar-refractivity contribution in [1.82, 2.24) is 4.90 Å². The molecule has 0 aliphatic heterocycles. The summed E-state index contributed by atoms with van der Waals surface area (Å²) in [6, 6.07) is 14.9. The van der Waals surface area contributed by atoms with Crippen molar-refractivity contribution >= 4 is 33.9 Å². The number of aryl methyl sites for hydroxylation is 1. The maximum Gasteiger partial charge on any atom is 0.297 e. The highest BCUT2D eigenvalue weighted by Crippen LogP contribution is 2.73. The molecule has 2 aromatic rings. The molecule has 50 heavy (non-hydrogen) atoms. The third-order valence-electron chi connectivity index (χ3n) is 7.96. The summed E-state index contributed by atoms with van der Waals surface area (Å²) in [4.78, 5) is 16.0. The summed E-state index contributed by atoms with van der Waals surface area (Å²) in [6.45, 7) is 17.1. The highest BCUT2D eigenvalue weighted by molar-refractivity contribution is 8.01. The van der Waals surface area contributed by atoms with Gasteiger partial charge in [0.2, 0.25) is 5.91 Å². The van der Waals surface area contributed by atoms with Gasteiger partial charge in [-0.05, 0) is 44.0 Å². The molecule has 2 aliphatic rings. The summed E-state index contributed by atoms with van der Waals surface area (Å²) < 4.78 is 51.4. The minimum absolute atomic E-state index is 0. The maximum absolute atomic E-state index is 12.9. The molecule has 0 bridgehead atoms. The van der Waals surface area contributed by atoms with E-state index in [1.807, 2.05) is 51.6 Å². The van der Waals surface area contributed by atoms with Crippen LogP contribution in [0.2, 0.25) is 0 Å². The number of hydrogen-bond donors (Lipinski definition) is 0. The van der Waals surface area contributed by atoms with Crippen LogP contribution in [0.1, 0.15) is 52.7 Å². The van der Waals surface area contributed by atoms with E-state index in [0.29, 0.717) is 51.5 Å². The van der Waals surface area contributed by atoms with E-state index in [1.165, 1.54) is 23.4 Å². The predicted molar refractivity (Wildman–Crippen MR) is 203 cm³/mol. The largest absolute Gasteiger partial charge is 0.377 e. The maximum atomic E-state index is 12.9. The normalized spacial score (nSPS) is 18.7. The van der Waals surface area contributed by atoms with Crippen LogP contribution in [0.4, 0.5) is 0 Å². The van der Waals surface area contributed by atoms with Crippen molar-refractivity contribution in [2.75, 3.05) is 72.6 Å². The molecule has 11 heteroatoms. The molecular weight excluding hydrogens is 675 g/mol. The van der Waals surface area contributed by atoms with Gasteiger partial charge in [-0.1, -0.05) is 101 Å². The van der Waals surface area contributed by atoms with Gasteiger partial charge in [0.15, 0.2) is 0 Å². The number of benzene rings is 2. The Kier molecular flexibility index (Phi) is 18.7. The van der Waals surface area contributed by atoms with E-state index in [1.54, 1.807) is 17.0 Å². The number of carbonyl (C=O) groups is 1. The molecule has 278 valence electrons. The first-order valence-corrected chi connectivity index (χ1v) is 19.1. The SMILES string of the molecule is C.C=C(C)CN(C/C=C/c1ccccc1SC12C=CC1(C)C2)C(=O)COCCOCCOCCOCCOS(=O)(=O)c1ccc(C)cc1.CC. The van der Waals surface area contributed by atoms with E-state index in [9.17, 15) is 13.2 Å². The lowest BCUT2D eigenvalue weighted by Crippen LogP contribution is -2.35. The van der Waals surface area contributed by atoms with Crippen LogP contribution in [0.3, 0.4) is 0 Å². The molecule has 0 heterocycles. The summed E-state index contributed by atoms with van der Waals surface area (Å²) >= 11 is 1.94. The first kappa shape index (κ1) is 43.4. The van der Waals surface area contributed by atoms with Gasteiger partial charge in [0.1, 0.15) is 6.61 Å². The fourth-order valence-electron chi connectivity index (χ4n) is 5.04. The van der Waals surface area contributed by atoms with Gasteiger partial charge in [-0.2, -0.15) is 8.42 Å². The number of hydrogen-bond acceptors (Lipinski definition) is 9. The van der Waals surface area contributed by atoms with E-state index in [-0.39, 0.29) is 49.4 Å². The van der Waals surface area contributed by atoms with Gasteiger partial charge in [0.05, 0.1) is 57.8 Å². The van der Waals surface area contributed by atoms with Gasteiger partial charge < -0.3 is 23.8 Å². The topological polar surface area (TPSA) is 101 Å². The zero-order chi connectivity index (χ0) is 35.8. The van der Waals surface area contributed by atoms with Crippen molar-refractivity contribution in [3.63, 3.8) is 0 Å². The first-order chi connectivity index (χ1) is 23.5. The van der Waals surface area contributed by atoms with Gasteiger partial charge in [-0.15, -0.1) is 11.8 Å². The van der Waals surface area contributed by atoms with E-state index < -0.39 is 10.1 Å². The minimum atomic E-state index is -3.79. The van der Waals surface area contributed by atoms with Gasteiger partial charge in [0, 0.05) is 28.1 Å². The van der Waals surface area contributed by atoms with Crippen LogP contribution in [0.5, 0.6) is 0 Å². The standard InChI is InChI=1S/C36H47NO8S2.C2H6.CH4/c1-29(2)26-37(17-7-9-31-8-5-6-10-33(31)46-36-16-15-35(36,4)28-36)34(38)27-44-23-22-42-19-18-41-20-21-43-24-25-45-47(39,40)32-13-11-30(3)12-14-32;1-2;/h5-16H,1,17-28H2,2-4H3;1-2H3;1H4/b9-7+;;. The van der Waals surface area contributed by atoms with Crippen LogP contribution < -0.4 is 0 Å². The zero-order valence-electron chi connectivity index (χ0n) is 29.7. The van der Waals surface area contributed by atoms with Gasteiger partial charge in [0.25, 0.3) is 10.1 Å². The molecule has 9 nitrogen and oxygen atoms in total. The van der Waals surface area contributed by atoms with E-state index >= 15 is 0 Å². The smallest absolute Gasteiger partial charge is 0.297 e. The lowest BCUT2D eigenvalue weighted by Gasteiger charge is -2.25. The van der Waals surface area contributed by atoms with Crippen molar-refractivity contribution in [3.8, 4) is 0 Å². The van der Waals surface area contributed by atoms with Crippen LogP contribution in [0.15, 0.2) is 88.7 Å². The summed E-state index contributed by atoms with van der Waals surface area (Å²) in [5.74, 6) is -0.103. The van der Waals surface area contributed by atoms with Crippen molar-refractivity contribution in [2.24, 2.45) is 5.41 Å². The van der Waals surface area contributed by atoms with Gasteiger partial charge in [-0.3, -0.25) is 8.98 Å². The molecular formula is C39H57NO8S2. The molecule has 0 saturated heterocycles. The van der Waals surface area contributed by atoms with Crippen LogP contribution in [0, 0.1) is 12.3 Å². The van der Waals surface area contributed by atoms with Crippen molar-refractivity contribution in [3.05, 3.63) is 90.0 Å². The predicted octanol–water partition coefficient (Wildman–Crippen LogP) is 7.36. The Morgan fingerprint density at radius 1 is 0.900 bits per heavy atom. The average molecular weight is 732 g/mol. The summed E-state index contributed by atoms with van der Waals surface area (Å²) in [5.41, 5.74) is 3.37. The minimum Gasteiger partial charge on any atom is -0.377 e. The molecule has 2 aromatic carbocycles. The monoisotopic (exact) mass is 731 g/mol. The molecule has 1 fully saturated rings. The number of thioether (sulfide) groups is 1. The Bertz CT molecular complexity index is 1510. The fourth-order valence-corrected chi connectivity index (χ4v) is 7.54. The second kappa shape index (κ2) is 21.6. The van der Waals surface area contributed by atoms with Crippen LogP contribution in [0.25, 0.3) is 6.08 Å². The molecule has 0 spiro atoms. The molecule has 1 saturated carbocycles. The molecule has 4 rings (SSSR count). The average Bonchev–Trinajstić information content (AvgIpc) is 3.50. The number of nitrogens with zero attached hydrogens (tertiary/aromatic N) is 1. The van der Waals surface area contributed by atoms with Crippen LogP contribution in [-0.2, 0) is 38.0 Å². The third-order valence-corrected chi connectivity index (χ3v) is 11.0. The number of ether oxygens (including phenoxy) is 4. The molecule has 2 atom stereocenters. The molecule has 0 aromatic heterocycles. The third kappa shape index (κ3) is 13.4. The number of amides is 1. The fraction of sp³-hybridized carbons (Fsp3) is 0.513. The second-order valence-electron chi connectivity index (χ2n) is 12.1. The lowest BCUT2D eigenvalue weighted by atomic mass is 9.96. The van der Waals surface area contributed by atoms with Gasteiger partial charge >= 0.3 is 0 Å². The molecule has 0 radical (unpaired) electrons. The number of fused-ring (bicyclic) bond motifs is 1. The highest BCUT2D eigenvalue weighted by Gasteiger charge is 2.67. The molecule has 1 amide bonds. The molecule has 2 unspecified atom stereocenters. The molecule has 2 aliphatic carbocycles. The Morgan fingerprint density at radius 3 is 2.02 bits per heavy atom. The Balaban J connectivity index is 0.00000284. The number of carbonyl (C=O) groups excluding carboxylic acids is 1. The summed E-state index contributed by atoms with van der Waals surface area (Å²) in [7, 11) is -3.79. The second-order valence-corrected chi connectivity index (χ2v) is 15.1. The van der Waals surface area contributed by atoms with Gasteiger partial charge in [-0.25, -0.2) is 0 Å². The van der Waals surface area contributed by atoms with E-state index in [0.717, 1.165) is 16.7 Å². The Labute approximate surface area is 305 Å². The van der Waals surface area contributed by atoms with Crippen LogP contribution >= 0.6 is 11.8 Å². The van der Waals surface area contributed by atoms with Crippen molar-refractivity contribution in [1.29, 1.82) is 0 Å². The quantitative estimate of drug-likeness (QED) is 0.0660. The Morgan fingerprint density at radius 2 is 1.48 bits per heavy atom. The number of allylic oxidation sites excluding steroid dienone is 1. The number of rotatable bonds is 23. The zero-order valence-corrected chi connectivity index (χ0v) is 31.3. The summed E-state index contributed by atoms with van der Waals surface area (Å²) in [6.07, 6.45) is 9.96. The van der Waals surface area contributed by atoms with E-state index in [4.69, 9.17) is 23.1 Å². The first-order valence-electron chi connectivity index (χ1n) is 16.9. The summed E-state index contributed by atoms with van der Waals surface area (Å²) in [5, 5.41) is 0. The van der Waals surface area contributed by atoms with Crippen LogP contribution in [-0.4, -0.2) is 96.5 Å².